The van der Waals surface area contributed by atoms with Crippen LogP contribution in [-0.2, 0) is 11.3 Å². The highest BCUT2D eigenvalue weighted by Crippen LogP contribution is 2.32. The molecule has 1 aromatic heterocycles. The van der Waals surface area contributed by atoms with Crippen LogP contribution in [0.3, 0.4) is 0 Å². The number of thioether (sulfide) groups is 1. The first-order valence-corrected chi connectivity index (χ1v) is 12.7. The van der Waals surface area contributed by atoms with Crippen molar-refractivity contribution in [1.29, 1.82) is 0 Å². The number of hydrogen-bond donors (Lipinski definition) is 2. The molecule has 7 nitrogen and oxygen atoms in total. The van der Waals surface area contributed by atoms with Gasteiger partial charge in [0, 0.05) is 11.0 Å². The SMILES string of the molecule is CCn1c(SCC(=O)Nc2cc(Cl)c(Cl)cc2Cl)nnc1[C@H](C)NC(=O)c1ccccc1Br. The number of amides is 2. The first-order chi connectivity index (χ1) is 15.7. The number of carbonyl (C=O) groups excluding carboxylic acids is 2. The first kappa shape index (κ1) is 25.8. The van der Waals surface area contributed by atoms with Gasteiger partial charge in [0.2, 0.25) is 5.91 Å². The molecule has 0 spiro atoms. The number of rotatable bonds is 8. The number of nitrogens with zero attached hydrogens (tertiary/aromatic N) is 3. The predicted molar refractivity (Wildman–Crippen MR) is 137 cm³/mol. The minimum atomic E-state index is -0.393. The second kappa shape index (κ2) is 11.6. The van der Waals surface area contributed by atoms with E-state index in [9.17, 15) is 9.59 Å². The second-order valence-electron chi connectivity index (χ2n) is 6.84. The second-order valence-corrected chi connectivity index (χ2v) is 9.86. The number of halogens is 4. The van der Waals surface area contributed by atoms with Gasteiger partial charge in [0.05, 0.1) is 38.1 Å². The summed E-state index contributed by atoms with van der Waals surface area (Å²) in [5.74, 6) is 0.149. The molecule has 0 fully saturated rings. The molecule has 3 aromatic rings. The Morgan fingerprint density at radius 1 is 1.12 bits per heavy atom. The lowest BCUT2D eigenvalue weighted by atomic mass is 10.2. The number of carbonyl (C=O) groups is 2. The molecule has 2 amide bonds. The highest BCUT2D eigenvalue weighted by molar-refractivity contribution is 9.10. The first-order valence-electron chi connectivity index (χ1n) is 9.77. The van der Waals surface area contributed by atoms with Gasteiger partial charge >= 0.3 is 0 Å². The molecular weight excluding hydrogens is 573 g/mol. The summed E-state index contributed by atoms with van der Waals surface area (Å²) in [6, 6.07) is 9.75. The zero-order chi connectivity index (χ0) is 24.1. The van der Waals surface area contributed by atoms with Crippen molar-refractivity contribution in [2.75, 3.05) is 11.1 Å². The van der Waals surface area contributed by atoms with Gasteiger partial charge in [0.25, 0.3) is 5.91 Å². The molecule has 2 aromatic carbocycles. The monoisotopic (exact) mass is 589 g/mol. The molecule has 0 aliphatic rings. The van der Waals surface area contributed by atoms with E-state index in [1.54, 1.807) is 18.2 Å². The molecule has 2 N–H and O–H groups in total. The molecular formula is C21H19BrCl3N5O2S. The van der Waals surface area contributed by atoms with Gasteiger partial charge in [0.15, 0.2) is 11.0 Å². The normalized spacial score (nSPS) is 11.8. The third-order valence-corrected chi connectivity index (χ3v) is 7.22. The van der Waals surface area contributed by atoms with Crippen molar-refractivity contribution in [2.45, 2.75) is 31.6 Å². The van der Waals surface area contributed by atoms with Gasteiger partial charge in [-0.15, -0.1) is 10.2 Å². The summed E-state index contributed by atoms with van der Waals surface area (Å²) < 4.78 is 2.56. The molecule has 0 saturated carbocycles. The van der Waals surface area contributed by atoms with Crippen LogP contribution >= 0.6 is 62.5 Å². The summed E-state index contributed by atoms with van der Waals surface area (Å²) in [6.07, 6.45) is 0. The Morgan fingerprint density at radius 2 is 1.82 bits per heavy atom. The Morgan fingerprint density at radius 3 is 2.52 bits per heavy atom. The lowest BCUT2D eigenvalue weighted by molar-refractivity contribution is -0.113. The summed E-state index contributed by atoms with van der Waals surface area (Å²) >= 11 is 22.6. The maximum atomic E-state index is 12.6. The van der Waals surface area contributed by atoms with Gasteiger partial charge < -0.3 is 15.2 Å². The van der Waals surface area contributed by atoms with Crippen LogP contribution in [0.2, 0.25) is 15.1 Å². The van der Waals surface area contributed by atoms with Crippen LogP contribution in [-0.4, -0.2) is 32.3 Å². The van der Waals surface area contributed by atoms with E-state index < -0.39 is 6.04 Å². The van der Waals surface area contributed by atoms with E-state index in [4.69, 9.17) is 34.8 Å². The van der Waals surface area contributed by atoms with Crippen LogP contribution in [0.5, 0.6) is 0 Å². The zero-order valence-corrected chi connectivity index (χ0v) is 22.2. The van der Waals surface area contributed by atoms with Gasteiger partial charge in [0.1, 0.15) is 0 Å². The number of nitrogens with one attached hydrogen (secondary N) is 2. The number of anilines is 1. The molecule has 0 saturated heterocycles. The van der Waals surface area contributed by atoms with E-state index in [1.165, 1.54) is 23.9 Å². The van der Waals surface area contributed by atoms with Gasteiger partial charge in [-0.05, 0) is 54.0 Å². The average Bonchev–Trinajstić information content (AvgIpc) is 3.19. The largest absolute Gasteiger partial charge is 0.342 e. The van der Waals surface area contributed by atoms with Crippen LogP contribution in [0.4, 0.5) is 5.69 Å². The third kappa shape index (κ3) is 6.42. The van der Waals surface area contributed by atoms with Crippen molar-refractivity contribution in [3.8, 4) is 0 Å². The Kier molecular flexibility index (Phi) is 9.06. The molecule has 0 radical (unpaired) electrons. The van der Waals surface area contributed by atoms with Crippen molar-refractivity contribution in [3.63, 3.8) is 0 Å². The maximum Gasteiger partial charge on any atom is 0.253 e. The zero-order valence-electron chi connectivity index (χ0n) is 17.5. The van der Waals surface area contributed by atoms with E-state index in [2.05, 4.69) is 36.8 Å². The molecule has 0 aliphatic heterocycles. The fraction of sp³-hybridized carbons (Fsp3) is 0.238. The van der Waals surface area contributed by atoms with Gasteiger partial charge in [-0.25, -0.2) is 0 Å². The minimum absolute atomic E-state index is 0.0758. The van der Waals surface area contributed by atoms with Crippen LogP contribution < -0.4 is 10.6 Å². The van der Waals surface area contributed by atoms with E-state index in [-0.39, 0.29) is 27.6 Å². The predicted octanol–water partition coefficient (Wildman–Crippen LogP) is 6.24. The quantitative estimate of drug-likeness (QED) is 0.239. The maximum absolute atomic E-state index is 12.6. The molecule has 174 valence electrons. The fourth-order valence-electron chi connectivity index (χ4n) is 2.94. The summed E-state index contributed by atoms with van der Waals surface area (Å²) in [5, 5.41) is 15.5. The Labute approximate surface area is 218 Å². The molecule has 0 aliphatic carbocycles. The van der Waals surface area contributed by atoms with Gasteiger partial charge in [-0.3, -0.25) is 9.59 Å². The van der Waals surface area contributed by atoms with Crippen molar-refractivity contribution in [2.24, 2.45) is 0 Å². The standard InChI is InChI=1S/C21H19BrCl3N5O2S/c1-3-30-19(11(2)26-20(32)12-6-4-5-7-13(12)22)28-29-21(30)33-10-18(31)27-17-9-15(24)14(23)8-16(17)25/h4-9,11H,3,10H2,1-2H3,(H,26,32)(H,27,31)/t11-/m0/s1. The van der Waals surface area contributed by atoms with Gasteiger partial charge in [-0.2, -0.15) is 0 Å². The molecule has 1 heterocycles. The summed E-state index contributed by atoms with van der Waals surface area (Å²) in [6.45, 7) is 4.34. The Balaban J connectivity index is 1.65. The van der Waals surface area contributed by atoms with Crippen LogP contribution in [0.25, 0.3) is 0 Å². The Bertz CT molecular complexity index is 1190. The van der Waals surface area contributed by atoms with Crippen LogP contribution in [0.15, 0.2) is 46.0 Å². The van der Waals surface area contributed by atoms with Crippen LogP contribution in [0.1, 0.15) is 36.1 Å². The third-order valence-electron chi connectivity index (χ3n) is 4.53. The van der Waals surface area contributed by atoms with Crippen molar-refractivity contribution in [1.82, 2.24) is 20.1 Å². The highest BCUT2D eigenvalue weighted by Gasteiger charge is 2.21. The summed E-state index contributed by atoms with van der Waals surface area (Å²) in [4.78, 5) is 25.1. The lowest BCUT2D eigenvalue weighted by Gasteiger charge is -2.15. The number of aromatic nitrogens is 3. The van der Waals surface area contributed by atoms with E-state index in [1.807, 2.05) is 24.5 Å². The molecule has 3 rings (SSSR count). The Hall–Kier alpha value is -1.78. The highest BCUT2D eigenvalue weighted by atomic mass is 79.9. The van der Waals surface area contributed by atoms with E-state index in [0.717, 1.165) is 0 Å². The summed E-state index contributed by atoms with van der Waals surface area (Å²) in [5.41, 5.74) is 0.900. The van der Waals surface area contributed by atoms with E-state index in [0.29, 0.717) is 38.3 Å². The minimum Gasteiger partial charge on any atom is -0.342 e. The average molecular weight is 592 g/mol. The van der Waals surface area contributed by atoms with Crippen LogP contribution in [0, 0.1) is 0 Å². The molecule has 0 unspecified atom stereocenters. The van der Waals surface area contributed by atoms with Crippen molar-refractivity contribution in [3.05, 3.63) is 67.3 Å². The number of benzene rings is 2. The lowest BCUT2D eigenvalue weighted by Crippen LogP contribution is -2.29. The number of hydrogen-bond acceptors (Lipinski definition) is 5. The van der Waals surface area contributed by atoms with Crippen molar-refractivity contribution < 1.29 is 9.59 Å². The molecule has 33 heavy (non-hydrogen) atoms. The van der Waals surface area contributed by atoms with E-state index >= 15 is 0 Å². The fourth-order valence-corrected chi connectivity index (χ4v) is 4.81. The smallest absolute Gasteiger partial charge is 0.253 e. The summed E-state index contributed by atoms with van der Waals surface area (Å²) in [7, 11) is 0. The molecule has 1 atom stereocenters. The van der Waals surface area contributed by atoms with Crippen molar-refractivity contribution >= 4 is 80.0 Å². The topological polar surface area (TPSA) is 88.9 Å². The van der Waals surface area contributed by atoms with Gasteiger partial charge in [-0.1, -0.05) is 58.7 Å². The molecule has 12 heteroatoms. The molecule has 0 bridgehead atoms.